The fourth-order valence-electron chi connectivity index (χ4n) is 2.06. The van der Waals surface area contributed by atoms with Gasteiger partial charge in [-0.2, -0.15) is 17.4 Å². The van der Waals surface area contributed by atoms with Crippen LogP contribution in [-0.2, 0) is 19.8 Å². The molecule has 1 aliphatic heterocycles. The van der Waals surface area contributed by atoms with Gasteiger partial charge in [-0.25, -0.2) is 0 Å². The number of hydrogen-bond acceptors (Lipinski definition) is 4. The van der Waals surface area contributed by atoms with E-state index in [-0.39, 0.29) is 6.04 Å². The normalized spacial score (nSPS) is 22.9. The Morgan fingerprint density at radius 3 is 2.58 bits per heavy atom. The van der Waals surface area contributed by atoms with Crippen molar-refractivity contribution in [2.75, 3.05) is 6.54 Å². The van der Waals surface area contributed by atoms with E-state index in [1.165, 1.54) is 4.31 Å². The van der Waals surface area contributed by atoms with Gasteiger partial charge in [-0.05, 0) is 19.8 Å². The molecule has 1 rings (SSSR count). The molecular weight excluding hydrogens is 274 g/mol. The van der Waals surface area contributed by atoms with Gasteiger partial charge in [0.25, 0.3) is 10.2 Å². The lowest BCUT2D eigenvalue weighted by molar-refractivity contribution is -0.140. The molecule has 0 aromatic rings. The molecule has 110 valence electrons. The number of nitrogens with zero attached hydrogens (tertiary/aromatic N) is 1. The van der Waals surface area contributed by atoms with Crippen molar-refractivity contribution >= 4 is 22.1 Å². The Bertz CT molecular complexity index is 450. The van der Waals surface area contributed by atoms with Crippen molar-refractivity contribution in [1.29, 1.82) is 0 Å². The summed E-state index contributed by atoms with van der Waals surface area (Å²) in [6.07, 6.45) is 1.83. The molecule has 0 aromatic carbocycles. The largest absolute Gasteiger partial charge is 0.480 e. The van der Waals surface area contributed by atoms with E-state index < -0.39 is 34.5 Å². The molecule has 1 saturated heterocycles. The molecule has 1 amide bonds. The number of nitrogens with two attached hydrogens (primary N) is 1. The van der Waals surface area contributed by atoms with Crippen LogP contribution < -0.4 is 10.5 Å². The lowest BCUT2D eigenvalue weighted by Crippen LogP contribution is -2.53. The van der Waals surface area contributed by atoms with Gasteiger partial charge in [0.1, 0.15) is 6.04 Å². The summed E-state index contributed by atoms with van der Waals surface area (Å²) in [6.45, 7) is 2.11. The molecular formula is C10H19N3O5S. The van der Waals surface area contributed by atoms with Crippen molar-refractivity contribution in [3.05, 3.63) is 0 Å². The van der Waals surface area contributed by atoms with Crippen molar-refractivity contribution in [2.24, 2.45) is 5.73 Å². The number of rotatable bonds is 6. The lowest BCUT2D eigenvalue weighted by Gasteiger charge is -2.32. The van der Waals surface area contributed by atoms with E-state index in [1.807, 2.05) is 4.72 Å². The third-order valence-electron chi connectivity index (χ3n) is 3.05. The van der Waals surface area contributed by atoms with Gasteiger partial charge in [-0.15, -0.1) is 0 Å². The minimum Gasteiger partial charge on any atom is -0.480 e. The van der Waals surface area contributed by atoms with E-state index in [0.717, 1.165) is 19.3 Å². The SMILES string of the molecule is CC1CCCCN1S(=O)(=O)N[C@H](CC(N)=O)C(=O)O. The highest BCUT2D eigenvalue weighted by Gasteiger charge is 2.33. The van der Waals surface area contributed by atoms with Gasteiger partial charge in [-0.3, -0.25) is 9.59 Å². The first kappa shape index (κ1) is 15.9. The zero-order chi connectivity index (χ0) is 14.6. The highest BCUT2D eigenvalue weighted by atomic mass is 32.2. The molecule has 4 N–H and O–H groups in total. The minimum atomic E-state index is -3.93. The van der Waals surface area contributed by atoms with E-state index in [0.29, 0.717) is 6.54 Å². The standard InChI is InChI=1S/C10H19N3O5S/c1-7-4-2-3-5-13(7)19(17,18)12-8(10(15)16)6-9(11)14/h7-8,12H,2-6H2,1H3,(H2,11,14)(H,15,16)/t7?,8-/m1/s1. The van der Waals surface area contributed by atoms with Crippen molar-refractivity contribution in [2.45, 2.75) is 44.7 Å². The van der Waals surface area contributed by atoms with Crippen LogP contribution >= 0.6 is 0 Å². The Labute approximate surface area is 112 Å². The number of primary amides is 1. The molecule has 0 bridgehead atoms. The quantitative estimate of drug-likeness (QED) is 0.579. The van der Waals surface area contributed by atoms with Crippen LogP contribution in [0.15, 0.2) is 0 Å². The summed E-state index contributed by atoms with van der Waals surface area (Å²) in [5.41, 5.74) is 4.91. The molecule has 19 heavy (non-hydrogen) atoms. The maximum absolute atomic E-state index is 12.1. The number of amides is 1. The van der Waals surface area contributed by atoms with Crippen LogP contribution in [0.5, 0.6) is 0 Å². The second kappa shape index (κ2) is 6.31. The predicted octanol–water partition coefficient (Wildman–Crippen LogP) is -0.976. The fourth-order valence-corrected chi connectivity index (χ4v) is 3.68. The first-order valence-electron chi connectivity index (χ1n) is 6.04. The maximum atomic E-state index is 12.1. The number of piperidine rings is 1. The Hall–Kier alpha value is -1.19. The van der Waals surface area contributed by atoms with Crippen molar-refractivity contribution in [1.82, 2.24) is 9.03 Å². The Morgan fingerprint density at radius 2 is 2.11 bits per heavy atom. The summed E-state index contributed by atoms with van der Waals surface area (Å²) in [5.74, 6) is -2.30. The molecule has 0 spiro atoms. The number of hydrogen-bond donors (Lipinski definition) is 3. The number of carboxylic acids is 1. The molecule has 9 heteroatoms. The Morgan fingerprint density at radius 1 is 1.47 bits per heavy atom. The van der Waals surface area contributed by atoms with Gasteiger partial charge in [0.05, 0.1) is 6.42 Å². The monoisotopic (exact) mass is 293 g/mol. The molecule has 1 aliphatic rings. The highest BCUT2D eigenvalue weighted by Crippen LogP contribution is 2.19. The Balaban J connectivity index is 2.81. The maximum Gasteiger partial charge on any atom is 0.322 e. The van der Waals surface area contributed by atoms with Crippen LogP contribution in [0.2, 0.25) is 0 Å². The molecule has 1 fully saturated rings. The topological polar surface area (TPSA) is 130 Å². The molecule has 0 radical (unpaired) electrons. The molecule has 2 atom stereocenters. The van der Waals surface area contributed by atoms with E-state index in [4.69, 9.17) is 10.8 Å². The van der Waals surface area contributed by atoms with E-state index in [2.05, 4.69) is 0 Å². The smallest absolute Gasteiger partial charge is 0.322 e. The Kier molecular flexibility index (Phi) is 5.27. The van der Waals surface area contributed by atoms with Gasteiger partial charge in [-0.1, -0.05) is 6.42 Å². The highest BCUT2D eigenvalue weighted by molar-refractivity contribution is 7.87. The fraction of sp³-hybridized carbons (Fsp3) is 0.800. The second-order valence-electron chi connectivity index (χ2n) is 4.64. The number of carbonyl (C=O) groups is 2. The minimum absolute atomic E-state index is 0.186. The zero-order valence-corrected chi connectivity index (χ0v) is 11.5. The summed E-state index contributed by atoms with van der Waals surface area (Å²) < 4.78 is 27.4. The molecule has 0 aromatic heterocycles. The zero-order valence-electron chi connectivity index (χ0n) is 10.7. The molecule has 0 saturated carbocycles. The van der Waals surface area contributed by atoms with Gasteiger partial charge in [0.2, 0.25) is 5.91 Å². The van der Waals surface area contributed by atoms with Gasteiger partial charge in [0, 0.05) is 12.6 Å². The van der Waals surface area contributed by atoms with Crippen LogP contribution in [0.3, 0.4) is 0 Å². The van der Waals surface area contributed by atoms with Crippen molar-refractivity contribution in [3.8, 4) is 0 Å². The van der Waals surface area contributed by atoms with Crippen molar-refractivity contribution in [3.63, 3.8) is 0 Å². The van der Waals surface area contributed by atoms with Crippen LogP contribution in [0, 0.1) is 0 Å². The molecule has 1 unspecified atom stereocenters. The summed E-state index contributed by atoms with van der Waals surface area (Å²) in [4.78, 5) is 21.7. The number of carboxylic acid groups (broad SMARTS) is 1. The molecule has 8 nitrogen and oxygen atoms in total. The van der Waals surface area contributed by atoms with E-state index in [9.17, 15) is 18.0 Å². The lowest BCUT2D eigenvalue weighted by atomic mass is 10.1. The molecule has 0 aliphatic carbocycles. The summed E-state index contributed by atoms with van der Waals surface area (Å²) in [5, 5.41) is 8.90. The van der Waals surface area contributed by atoms with Crippen molar-refractivity contribution < 1.29 is 23.1 Å². The third-order valence-corrected chi connectivity index (χ3v) is 4.79. The average molecular weight is 293 g/mol. The summed E-state index contributed by atoms with van der Waals surface area (Å²) >= 11 is 0. The van der Waals surface area contributed by atoms with Gasteiger partial charge >= 0.3 is 5.97 Å². The van der Waals surface area contributed by atoms with Crippen LogP contribution in [0.25, 0.3) is 0 Å². The average Bonchev–Trinajstić information content (AvgIpc) is 2.27. The van der Waals surface area contributed by atoms with Crippen LogP contribution in [-0.4, -0.2) is 48.3 Å². The van der Waals surface area contributed by atoms with Gasteiger partial charge < -0.3 is 10.8 Å². The van der Waals surface area contributed by atoms with E-state index in [1.54, 1.807) is 6.92 Å². The van der Waals surface area contributed by atoms with Crippen LogP contribution in [0.1, 0.15) is 32.6 Å². The van der Waals surface area contributed by atoms with Gasteiger partial charge in [0.15, 0.2) is 0 Å². The first-order chi connectivity index (χ1) is 8.74. The third kappa shape index (κ3) is 4.44. The second-order valence-corrected chi connectivity index (χ2v) is 6.29. The summed E-state index contributed by atoms with van der Waals surface area (Å²) in [7, 11) is -3.93. The number of nitrogens with one attached hydrogen (secondary N) is 1. The summed E-state index contributed by atoms with van der Waals surface area (Å²) in [6, 6.07) is -1.72. The van der Waals surface area contributed by atoms with E-state index >= 15 is 0 Å². The number of carbonyl (C=O) groups excluding carboxylic acids is 1. The first-order valence-corrected chi connectivity index (χ1v) is 7.48. The molecule has 1 heterocycles. The predicted molar refractivity (Wildman–Crippen MR) is 67.3 cm³/mol. The number of aliphatic carboxylic acids is 1. The van der Waals surface area contributed by atoms with Crippen LogP contribution in [0.4, 0.5) is 0 Å².